The third kappa shape index (κ3) is 3.23. The number of nitrogens with one attached hydrogen (secondary N) is 1. The van der Waals surface area contributed by atoms with Crippen LogP contribution >= 0.6 is 0 Å². The van der Waals surface area contributed by atoms with Gasteiger partial charge in [-0.05, 0) is 38.5 Å². The van der Waals surface area contributed by atoms with Crippen molar-refractivity contribution in [3.8, 4) is 0 Å². The SMILES string of the molecule is C=CC(=O)NC(C)(C)CCON1C(=O)c2ccccc2C1=O. The number of fused-ring (bicyclic) bond motifs is 1. The quantitative estimate of drug-likeness (QED) is 0.641. The minimum Gasteiger partial charge on any atom is -0.348 e. The van der Waals surface area contributed by atoms with Gasteiger partial charge in [0.25, 0.3) is 11.8 Å². The maximum absolute atomic E-state index is 12.1. The van der Waals surface area contributed by atoms with Crippen LogP contribution in [0.2, 0.25) is 0 Å². The third-order valence-corrected chi connectivity index (χ3v) is 3.35. The summed E-state index contributed by atoms with van der Waals surface area (Å²) in [5.41, 5.74) is 0.141. The fourth-order valence-electron chi connectivity index (χ4n) is 2.12. The molecule has 0 atom stereocenters. The second-order valence-corrected chi connectivity index (χ2v) is 5.61. The molecule has 1 aromatic rings. The second-order valence-electron chi connectivity index (χ2n) is 5.61. The van der Waals surface area contributed by atoms with Crippen LogP contribution in [0.25, 0.3) is 0 Å². The number of hydrogen-bond donors (Lipinski definition) is 1. The molecule has 0 radical (unpaired) electrons. The predicted octanol–water partition coefficient (Wildman–Crippen LogP) is 1.69. The Labute approximate surface area is 128 Å². The Hall–Kier alpha value is -2.47. The number of carbonyl (C=O) groups excluding carboxylic acids is 3. The minimum absolute atomic E-state index is 0.121. The molecule has 1 aromatic carbocycles. The second kappa shape index (κ2) is 6.11. The molecule has 0 saturated carbocycles. The van der Waals surface area contributed by atoms with Crippen LogP contribution in [0.1, 0.15) is 41.0 Å². The molecule has 3 amide bonds. The highest BCUT2D eigenvalue weighted by molar-refractivity contribution is 6.20. The van der Waals surface area contributed by atoms with Crippen molar-refractivity contribution in [1.82, 2.24) is 10.4 Å². The van der Waals surface area contributed by atoms with Gasteiger partial charge in [-0.25, -0.2) is 0 Å². The Morgan fingerprint density at radius 2 is 1.82 bits per heavy atom. The van der Waals surface area contributed by atoms with Gasteiger partial charge < -0.3 is 5.32 Å². The van der Waals surface area contributed by atoms with Gasteiger partial charge in [-0.3, -0.25) is 19.2 Å². The van der Waals surface area contributed by atoms with E-state index in [1.54, 1.807) is 24.3 Å². The highest BCUT2D eigenvalue weighted by Crippen LogP contribution is 2.23. The third-order valence-electron chi connectivity index (χ3n) is 3.35. The van der Waals surface area contributed by atoms with Gasteiger partial charge in [-0.15, -0.1) is 5.06 Å². The van der Waals surface area contributed by atoms with Gasteiger partial charge in [-0.1, -0.05) is 18.7 Å². The van der Waals surface area contributed by atoms with Crippen molar-refractivity contribution in [2.45, 2.75) is 25.8 Å². The highest BCUT2D eigenvalue weighted by atomic mass is 16.7. The van der Waals surface area contributed by atoms with E-state index in [0.29, 0.717) is 17.5 Å². The van der Waals surface area contributed by atoms with E-state index >= 15 is 0 Å². The summed E-state index contributed by atoms with van der Waals surface area (Å²) in [7, 11) is 0. The molecular weight excluding hydrogens is 284 g/mol. The topological polar surface area (TPSA) is 75.7 Å². The Kier molecular flexibility index (Phi) is 4.42. The maximum Gasteiger partial charge on any atom is 0.285 e. The normalized spacial score (nSPS) is 14.0. The van der Waals surface area contributed by atoms with Crippen LogP contribution in [0.5, 0.6) is 0 Å². The molecule has 6 heteroatoms. The molecule has 0 fully saturated rings. The zero-order chi connectivity index (χ0) is 16.3. The van der Waals surface area contributed by atoms with E-state index in [2.05, 4.69) is 11.9 Å². The molecule has 1 aliphatic rings. The van der Waals surface area contributed by atoms with Gasteiger partial charge in [0.2, 0.25) is 5.91 Å². The van der Waals surface area contributed by atoms with E-state index < -0.39 is 17.4 Å². The molecule has 0 aliphatic carbocycles. The number of hydroxylamine groups is 2. The Morgan fingerprint density at radius 3 is 2.32 bits per heavy atom. The van der Waals surface area contributed by atoms with Gasteiger partial charge >= 0.3 is 0 Å². The maximum atomic E-state index is 12.1. The lowest BCUT2D eigenvalue weighted by Crippen LogP contribution is -2.44. The lowest BCUT2D eigenvalue weighted by Gasteiger charge is -2.26. The van der Waals surface area contributed by atoms with Gasteiger partial charge in [0.15, 0.2) is 0 Å². The summed E-state index contributed by atoms with van der Waals surface area (Å²) in [6.45, 7) is 7.15. The van der Waals surface area contributed by atoms with Crippen molar-refractivity contribution < 1.29 is 19.2 Å². The monoisotopic (exact) mass is 302 g/mol. The molecule has 1 aliphatic heterocycles. The average Bonchev–Trinajstić information content (AvgIpc) is 2.72. The first kappa shape index (κ1) is 15.9. The molecule has 6 nitrogen and oxygen atoms in total. The Balaban J connectivity index is 1.94. The van der Waals surface area contributed by atoms with Crippen LogP contribution in [0.3, 0.4) is 0 Å². The Morgan fingerprint density at radius 1 is 1.27 bits per heavy atom. The standard InChI is InChI=1S/C16H18N2O4/c1-4-13(19)17-16(2,3)9-10-22-18-14(20)11-7-5-6-8-12(11)15(18)21/h4-8H,1,9-10H2,2-3H3,(H,17,19). The summed E-state index contributed by atoms with van der Waals surface area (Å²) in [6.07, 6.45) is 1.62. The highest BCUT2D eigenvalue weighted by Gasteiger charge is 2.36. The average molecular weight is 302 g/mol. The number of amides is 3. The van der Waals surface area contributed by atoms with E-state index in [1.165, 1.54) is 6.08 Å². The van der Waals surface area contributed by atoms with E-state index in [9.17, 15) is 14.4 Å². The lowest BCUT2D eigenvalue weighted by molar-refractivity contribution is -0.119. The van der Waals surface area contributed by atoms with Crippen LogP contribution < -0.4 is 5.32 Å². The first-order chi connectivity index (χ1) is 10.4. The zero-order valence-corrected chi connectivity index (χ0v) is 12.6. The van der Waals surface area contributed by atoms with E-state index in [0.717, 1.165) is 5.06 Å². The van der Waals surface area contributed by atoms with Gasteiger partial charge in [-0.2, -0.15) is 0 Å². The minimum atomic E-state index is -0.538. The molecule has 1 N–H and O–H groups in total. The van der Waals surface area contributed by atoms with Crippen LogP contribution in [-0.4, -0.2) is 34.9 Å². The van der Waals surface area contributed by atoms with Gasteiger partial charge in [0.05, 0.1) is 17.7 Å². The van der Waals surface area contributed by atoms with Crippen LogP contribution in [-0.2, 0) is 9.63 Å². The molecule has 0 aromatic heterocycles. The van der Waals surface area contributed by atoms with Gasteiger partial charge in [0, 0.05) is 5.54 Å². The van der Waals surface area contributed by atoms with Crippen molar-refractivity contribution in [2.75, 3.05) is 6.61 Å². The zero-order valence-electron chi connectivity index (χ0n) is 12.6. The number of benzene rings is 1. The summed E-state index contributed by atoms with van der Waals surface area (Å²) < 4.78 is 0. The van der Waals surface area contributed by atoms with Crippen LogP contribution in [0.15, 0.2) is 36.9 Å². The van der Waals surface area contributed by atoms with E-state index in [4.69, 9.17) is 4.84 Å². The molecule has 116 valence electrons. The first-order valence-corrected chi connectivity index (χ1v) is 6.91. The van der Waals surface area contributed by atoms with E-state index in [1.807, 2.05) is 13.8 Å². The van der Waals surface area contributed by atoms with Crippen molar-refractivity contribution >= 4 is 17.7 Å². The first-order valence-electron chi connectivity index (χ1n) is 6.91. The number of hydrogen-bond acceptors (Lipinski definition) is 4. The molecule has 1 heterocycles. The summed E-state index contributed by atoms with van der Waals surface area (Å²) >= 11 is 0. The smallest absolute Gasteiger partial charge is 0.285 e. The van der Waals surface area contributed by atoms with Crippen molar-refractivity contribution in [2.24, 2.45) is 0 Å². The number of nitrogens with zero attached hydrogens (tertiary/aromatic N) is 1. The fourth-order valence-corrected chi connectivity index (χ4v) is 2.12. The molecule has 22 heavy (non-hydrogen) atoms. The van der Waals surface area contributed by atoms with Crippen molar-refractivity contribution in [3.05, 3.63) is 48.0 Å². The summed E-state index contributed by atoms with van der Waals surface area (Å²) in [5.74, 6) is -1.22. The molecule has 2 rings (SSSR count). The lowest BCUT2D eigenvalue weighted by atomic mass is 10.0. The Bertz CT molecular complexity index is 602. The summed E-state index contributed by atoms with van der Waals surface area (Å²) in [4.78, 5) is 40.8. The van der Waals surface area contributed by atoms with Crippen molar-refractivity contribution in [1.29, 1.82) is 0 Å². The molecular formula is C16H18N2O4. The summed E-state index contributed by atoms with van der Waals surface area (Å²) in [5, 5.41) is 3.52. The largest absolute Gasteiger partial charge is 0.348 e. The molecule has 0 bridgehead atoms. The molecule has 0 spiro atoms. The fraction of sp³-hybridized carbons (Fsp3) is 0.312. The predicted molar refractivity (Wildman–Crippen MR) is 79.9 cm³/mol. The van der Waals surface area contributed by atoms with Crippen molar-refractivity contribution in [3.63, 3.8) is 0 Å². The number of imide groups is 1. The molecule has 0 unspecified atom stereocenters. The van der Waals surface area contributed by atoms with E-state index in [-0.39, 0.29) is 12.5 Å². The van der Waals surface area contributed by atoms with Crippen LogP contribution in [0.4, 0.5) is 0 Å². The molecule has 0 saturated heterocycles. The van der Waals surface area contributed by atoms with Crippen LogP contribution in [0, 0.1) is 0 Å². The van der Waals surface area contributed by atoms with Gasteiger partial charge in [0.1, 0.15) is 0 Å². The number of carbonyl (C=O) groups is 3. The summed E-state index contributed by atoms with van der Waals surface area (Å²) in [6, 6.07) is 6.57. The number of rotatable bonds is 6.